The Morgan fingerprint density at radius 1 is 1.26 bits per heavy atom. The van der Waals surface area contributed by atoms with Crippen molar-refractivity contribution in [2.24, 2.45) is 0 Å². The van der Waals surface area contributed by atoms with E-state index in [0.717, 1.165) is 42.7 Å². The highest BCUT2D eigenvalue weighted by Gasteiger charge is 2.18. The van der Waals surface area contributed by atoms with Gasteiger partial charge >= 0.3 is 0 Å². The highest BCUT2D eigenvalue weighted by atomic mass is 35.5. The van der Waals surface area contributed by atoms with Crippen LogP contribution in [0.5, 0.6) is 0 Å². The van der Waals surface area contributed by atoms with Crippen LogP contribution in [0, 0.1) is 0 Å². The van der Waals surface area contributed by atoms with Gasteiger partial charge in [0.25, 0.3) is 5.91 Å². The first-order chi connectivity index (χ1) is 12.8. The summed E-state index contributed by atoms with van der Waals surface area (Å²) in [5.41, 5.74) is 3.97. The molecule has 2 heterocycles. The first-order valence-electron chi connectivity index (χ1n) is 9.29. The van der Waals surface area contributed by atoms with Crippen molar-refractivity contribution in [2.75, 3.05) is 13.1 Å². The number of carbonyl (C=O) groups excluding carboxylic acids is 1. The summed E-state index contributed by atoms with van der Waals surface area (Å²) >= 11 is 0. The van der Waals surface area contributed by atoms with Crippen molar-refractivity contribution in [3.8, 4) is 0 Å². The second-order valence-electron chi connectivity index (χ2n) is 6.78. The van der Waals surface area contributed by atoms with E-state index < -0.39 is 0 Å². The normalized spacial score (nSPS) is 16.3. The maximum Gasteiger partial charge on any atom is 0.251 e. The number of carbonyl (C=O) groups is 1. The van der Waals surface area contributed by atoms with Crippen molar-refractivity contribution in [3.63, 3.8) is 0 Å². The lowest BCUT2D eigenvalue weighted by molar-refractivity contribution is 0.0950. The molecule has 1 fully saturated rings. The van der Waals surface area contributed by atoms with Gasteiger partial charge in [-0.05, 0) is 49.6 Å². The first-order valence-corrected chi connectivity index (χ1v) is 9.29. The van der Waals surface area contributed by atoms with Crippen LogP contribution in [0.15, 0.2) is 48.5 Å². The van der Waals surface area contributed by atoms with Gasteiger partial charge in [-0.15, -0.1) is 12.4 Å². The highest BCUT2D eigenvalue weighted by Crippen LogP contribution is 2.23. The van der Waals surface area contributed by atoms with Crippen molar-refractivity contribution in [2.45, 2.75) is 32.4 Å². The van der Waals surface area contributed by atoms with Crippen LogP contribution in [0.25, 0.3) is 10.9 Å². The summed E-state index contributed by atoms with van der Waals surface area (Å²) in [5, 5.41) is 12.2. The fraction of sp³-hybridized carbons (Fsp3) is 0.333. The number of para-hydroxylation sites is 1. The zero-order valence-electron chi connectivity index (χ0n) is 15.4. The van der Waals surface area contributed by atoms with E-state index >= 15 is 0 Å². The van der Waals surface area contributed by atoms with Gasteiger partial charge in [-0.25, -0.2) is 0 Å². The number of rotatable bonds is 5. The minimum Gasteiger partial charge on any atom is -0.346 e. The number of hydrogen-bond acceptors (Lipinski definition) is 3. The smallest absolute Gasteiger partial charge is 0.251 e. The number of hydrogen-bond donors (Lipinski definition) is 2. The van der Waals surface area contributed by atoms with Gasteiger partial charge in [0.2, 0.25) is 0 Å². The van der Waals surface area contributed by atoms with Crippen LogP contribution in [-0.4, -0.2) is 28.8 Å². The molecule has 0 spiro atoms. The molecule has 0 radical (unpaired) electrons. The molecule has 0 bridgehead atoms. The zero-order chi connectivity index (χ0) is 17.9. The van der Waals surface area contributed by atoms with E-state index in [1.165, 1.54) is 5.56 Å². The van der Waals surface area contributed by atoms with Crippen LogP contribution >= 0.6 is 12.4 Å². The molecule has 1 aliphatic rings. The second kappa shape index (κ2) is 8.55. The molecule has 1 unspecified atom stereocenters. The molecule has 5 nitrogen and oxygen atoms in total. The Labute approximate surface area is 165 Å². The van der Waals surface area contributed by atoms with E-state index in [4.69, 9.17) is 0 Å². The van der Waals surface area contributed by atoms with Gasteiger partial charge in [0.15, 0.2) is 0 Å². The lowest BCUT2D eigenvalue weighted by Crippen LogP contribution is -2.23. The maximum atomic E-state index is 12.6. The lowest BCUT2D eigenvalue weighted by atomic mass is 9.96. The second-order valence-corrected chi connectivity index (χ2v) is 6.78. The number of fused-ring (bicyclic) bond motifs is 1. The number of nitrogens with one attached hydrogen (secondary N) is 2. The summed E-state index contributed by atoms with van der Waals surface area (Å²) < 4.78 is 1.98. The number of nitrogens with zero attached hydrogens (tertiary/aromatic N) is 2. The molecule has 1 aromatic heterocycles. The number of aromatic nitrogens is 2. The summed E-state index contributed by atoms with van der Waals surface area (Å²) in [7, 11) is 0. The minimum atomic E-state index is -0.0482. The molecule has 2 aromatic carbocycles. The summed E-state index contributed by atoms with van der Waals surface area (Å²) in [6, 6.07) is 16.1. The Hall–Kier alpha value is -2.37. The molecule has 3 aromatic rings. The summed E-state index contributed by atoms with van der Waals surface area (Å²) in [6.07, 6.45) is 1.13. The van der Waals surface area contributed by atoms with E-state index in [0.29, 0.717) is 18.0 Å². The predicted octanol–water partition coefficient (Wildman–Crippen LogP) is 3.48. The van der Waals surface area contributed by atoms with Crippen LogP contribution in [-0.2, 0) is 13.1 Å². The molecule has 1 saturated heterocycles. The molecule has 6 heteroatoms. The third-order valence-electron chi connectivity index (χ3n) is 5.13. The number of halogens is 1. The van der Waals surface area contributed by atoms with Crippen molar-refractivity contribution < 1.29 is 4.79 Å². The fourth-order valence-corrected chi connectivity index (χ4v) is 3.71. The van der Waals surface area contributed by atoms with Gasteiger partial charge in [0, 0.05) is 24.0 Å². The van der Waals surface area contributed by atoms with Gasteiger partial charge in [0.05, 0.1) is 17.8 Å². The third-order valence-corrected chi connectivity index (χ3v) is 5.13. The first kappa shape index (κ1) is 19.4. The van der Waals surface area contributed by atoms with Crippen LogP contribution in [0.3, 0.4) is 0 Å². The van der Waals surface area contributed by atoms with Gasteiger partial charge in [-0.3, -0.25) is 9.48 Å². The Morgan fingerprint density at radius 2 is 2.11 bits per heavy atom. The average Bonchev–Trinajstić information content (AvgIpc) is 3.34. The van der Waals surface area contributed by atoms with E-state index in [2.05, 4.69) is 40.9 Å². The molecule has 1 atom stereocenters. The van der Waals surface area contributed by atoms with Gasteiger partial charge in [-0.2, -0.15) is 5.10 Å². The van der Waals surface area contributed by atoms with Crippen molar-refractivity contribution in [1.29, 1.82) is 0 Å². The Bertz CT molecular complexity index is 931. The number of amides is 1. The monoisotopic (exact) mass is 384 g/mol. The molecule has 27 heavy (non-hydrogen) atoms. The van der Waals surface area contributed by atoms with Crippen LogP contribution in [0.1, 0.15) is 40.9 Å². The Balaban J connectivity index is 0.00000210. The fourth-order valence-electron chi connectivity index (χ4n) is 3.71. The molecule has 0 aliphatic carbocycles. The lowest BCUT2D eigenvalue weighted by Gasteiger charge is -2.10. The predicted molar refractivity (Wildman–Crippen MR) is 110 cm³/mol. The van der Waals surface area contributed by atoms with Gasteiger partial charge in [0.1, 0.15) is 0 Å². The Morgan fingerprint density at radius 3 is 2.89 bits per heavy atom. The molecule has 2 N–H and O–H groups in total. The molecule has 1 amide bonds. The largest absolute Gasteiger partial charge is 0.346 e. The molecule has 0 saturated carbocycles. The van der Waals surface area contributed by atoms with Crippen LogP contribution in [0.2, 0.25) is 0 Å². The van der Waals surface area contributed by atoms with E-state index in [1.807, 2.05) is 35.0 Å². The summed E-state index contributed by atoms with van der Waals surface area (Å²) in [5.74, 6) is 0.458. The van der Waals surface area contributed by atoms with E-state index in [9.17, 15) is 4.79 Å². The SMILES string of the molecule is CCn1nc(CNC(=O)c2cccc(C3CCNC3)c2)c2ccccc21.Cl. The Kier molecular flexibility index (Phi) is 6.14. The van der Waals surface area contributed by atoms with Crippen LogP contribution in [0.4, 0.5) is 0 Å². The number of aryl methyl sites for hydroxylation is 1. The molecule has 4 rings (SSSR count). The third kappa shape index (κ3) is 3.99. The zero-order valence-corrected chi connectivity index (χ0v) is 16.3. The van der Waals surface area contributed by atoms with Gasteiger partial charge < -0.3 is 10.6 Å². The standard InChI is InChI=1S/C21H24N4O.ClH/c1-2-25-20-9-4-3-8-18(20)19(24-25)14-23-21(26)16-7-5-6-15(12-16)17-10-11-22-13-17;/h3-9,12,17,22H,2,10-11,13-14H2,1H3,(H,23,26);1H. The topological polar surface area (TPSA) is 59.0 Å². The minimum absolute atomic E-state index is 0. The quantitative estimate of drug-likeness (QED) is 0.708. The highest BCUT2D eigenvalue weighted by molar-refractivity contribution is 5.94. The van der Waals surface area contributed by atoms with Crippen molar-refractivity contribution in [3.05, 3.63) is 65.4 Å². The number of benzene rings is 2. The van der Waals surface area contributed by atoms with E-state index in [-0.39, 0.29) is 18.3 Å². The maximum absolute atomic E-state index is 12.6. The average molecular weight is 385 g/mol. The van der Waals surface area contributed by atoms with Crippen molar-refractivity contribution in [1.82, 2.24) is 20.4 Å². The molecule has 1 aliphatic heterocycles. The summed E-state index contributed by atoms with van der Waals surface area (Å²) in [6.45, 7) is 5.36. The molecular weight excluding hydrogens is 360 g/mol. The van der Waals surface area contributed by atoms with E-state index in [1.54, 1.807) is 0 Å². The van der Waals surface area contributed by atoms with Crippen molar-refractivity contribution >= 4 is 29.2 Å². The molecule has 142 valence electrons. The van der Waals surface area contributed by atoms with Crippen LogP contribution < -0.4 is 10.6 Å². The summed E-state index contributed by atoms with van der Waals surface area (Å²) in [4.78, 5) is 12.6. The molecular formula is C21H25ClN4O. The van der Waals surface area contributed by atoms with Gasteiger partial charge in [-0.1, -0.05) is 30.3 Å².